The summed E-state index contributed by atoms with van der Waals surface area (Å²) in [5.41, 5.74) is 1.68. The molecule has 70 heavy (non-hydrogen) atoms. The maximum Gasteiger partial charge on any atom is 0.330 e. The molecule has 2 unspecified atom stereocenters. The summed E-state index contributed by atoms with van der Waals surface area (Å²) in [6, 6.07) is 0. The van der Waals surface area contributed by atoms with E-state index in [1.54, 1.807) is 13.0 Å². The number of carbonyl (C=O) groups is 4. The van der Waals surface area contributed by atoms with Gasteiger partial charge >= 0.3 is 23.9 Å². The van der Waals surface area contributed by atoms with E-state index in [0.29, 0.717) is 87.5 Å². The predicted molar refractivity (Wildman–Crippen MR) is 289 cm³/mol. The number of carbonyl (C=O) groups excluding carboxylic acids is 4. The average Bonchev–Trinajstić information content (AvgIpc) is 3.80. The third-order valence-corrected chi connectivity index (χ3v) is 27.0. The first kappa shape index (κ1) is 61.8. The predicted octanol–water partition coefficient (Wildman–Crippen LogP) is 14.8. The van der Waals surface area contributed by atoms with Crippen molar-refractivity contribution >= 4 is 40.5 Å². The first-order valence-corrected chi connectivity index (χ1v) is 33.6. The second-order valence-corrected chi connectivity index (χ2v) is 34.0. The van der Waals surface area contributed by atoms with E-state index in [9.17, 15) is 19.2 Å². The highest BCUT2D eigenvalue weighted by atomic mass is 28.4. The Balaban J connectivity index is 0.000000370. The molecule has 402 valence electrons. The molecule has 10 nitrogen and oxygen atoms in total. The van der Waals surface area contributed by atoms with Crippen LogP contribution in [-0.2, 0) is 47.0 Å². The van der Waals surface area contributed by atoms with Crippen LogP contribution in [0, 0.1) is 40.4 Å². The van der Waals surface area contributed by atoms with Gasteiger partial charge in [-0.05, 0) is 188 Å². The lowest BCUT2D eigenvalue weighted by Gasteiger charge is -2.50. The number of rotatable bonds is 23. The van der Waals surface area contributed by atoms with E-state index in [1.807, 2.05) is 26.8 Å². The van der Waals surface area contributed by atoms with Crippen LogP contribution in [0.2, 0.25) is 36.3 Å². The summed E-state index contributed by atoms with van der Waals surface area (Å²) in [6.07, 6.45) is 26.8. The molecule has 0 radical (unpaired) electrons. The zero-order valence-electron chi connectivity index (χ0n) is 47.4. The number of allylic oxidation sites excluding steroid dienone is 4. The standard InChI is InChI=1S/C29H54O5Si.C29H48O5Si/c2*1-9-32-26(30)17-11-14-22(15-12-18-27(31)33-10-2)23-19-20-24-25(16-13-21-29(23,24)6)34-35(7,8)28(3,4)5/h22-25H,9-21H2,1-8H3;11-12,14,17-18,23-25H,9-10,13,15-16,19-21H2,1-8H3/b;17-11?,18-12+,22-14-/t2*23-,24?,25+,29-/m11/s1. The fourth-order valence-electron chi connectivity index (χ4n) is 12.3. The Hall–Kier alpha value is -2.55. The molecule has 4 fully saturated rings. The smallest absolute Gasteiger partial charge is 0.330 e. The molecule has 4 aliphatic carbocycles. The maximum atomic E-state index is 12.0. The van der Waals surface area contributed by atoms with Crippen LogP contribution in [0.15, 0.2) is 36.0 Å². The van der Waals surface area contributed by atoms with Crippen LogP contribution >= 0.6 is 0 Å². The summed E-state index contributed by atoms with van der Waals surface area (Å²) in [7, 11) is -3.68. The van der Waals surface area contributed by atoms with Crippen LogP contribution in [0.1, 0.15) is 192 Å². The molecule has 8 atom stereocenters. The van der Waals surface area contributed by atoms with Gasteiger partial charge in [-0.2, -0.15) is 0 Å². The van der Waals surface area contributed by atoms with Gasteiger partial charge in [0.05, 0.1) is 26.4 Å². The van der Waals surface area contributed by atoms with Gasteiger partial charge in [-0.3, -0.25) is 9.59 Å². The van der Waals surface area contributed by atoms with Crippen molar-refractivity contribution in [3.8, 4) is 0 Å². The molecule has 0 aromatic carbocycles. The third kappa shape index (κ3) is 17.3. The minimum atomic E-state index is -1.86. The Morgan fingerprint density at radius 1 is 0.600 bits per heavy atom. The summed E-state index contributed by atoms with van der Waals surface area (Å²) in [6.45, 7) is 37.3. The maximum absolute atomic E-state index is 12.0. The van der Waals surface area contributed by atoms with Crippen molar-refractivity contribution in [2.45, 2.75) is 241 Å². The summed E-state index contributed by atoms with van der Waals surface area (Å²) in [5, 5.41) is 0.418. The summed E-state index contributed by atoms with van der Waals surface area (Å²) >= 11 is 0. The lowest BCUT2D eigenvalue weighted by atomic mass is 9.60. The second-order valence-electron chi connectivity index (χ2n) is 24.5. The molecule has 12 heteroatoms. The average molecular weight is 1020 g/mol. The molecule has 0 heterocycles. The van der Waals surface area contributed by atoms with Crippen molar-refractivity contribution in [2.24, 2.45) is 40.4 Å². The molecule has 0 saturated heterocycles. The molecule has 0 aliphatic heterocycles. The highest BCUT2D eigenvalue weighted by molar-refractivity contribution is 6.74. The number of ether oxygens (including phenoxy) is 4. The fourth-order valence-corrected chi connectivity index (χ4v) is 15.1. The Bertz CT molecular complexity index is 1730. The summed E-state index contributed by atoms with van der Waals surface area (Å²) in [4.78, 5) is 47.6. The summed E-state index contributed by atoms with van der Waals surface area (Å²) < 4.78 is 34.5. The van der Waals surface area contributed by atoms with Crippen LogP contribution in [0.3, 0.4) is 0 Å². The lowest BCUT2D eigenvalue weighted by molar-refractivity contribution is -0.144. The zero-order chi connectivity index (χ0) is 52.6. The highest BCUT2D eigenvalue weighted by Crippen LogP contribution is 2.61. The van der Waals surface area contributed by atoms with Crippen molar-refractivity contribution < 1.29 is 47.0 Å². The molecule has 0 amide bonds. The van der Waals surface area contributed by atoms with Gasteiger partial charge in [0.2, 0.25) is 0 Å². The van der Waals surface area contributed by atoms with Crippen LogP contribution in [0.4, 0.5) is 0 Å². The van der Waals surface area contributed by atoms with E-state index in [4.69, 9.17) is 27.8 Å². The Kier molecular flexibility index (Phi) is 24.4. The van der Waals surface area contributed by atoms with Gasteiger partial charge in [-0.25, -0.2) is 9.59 Å². The van der Waals surface area contributed by atoms with Crippen molar-refractivity contribution in [3.05, 3.63) is 36.0 Å². The van der Waals surface area contributed by atoms with Gasteiger partial charge in [0.1, 0.15) is 0 Å². The van der Waals surface area contributed by atoms with E-state index in [0.717, 1.165) is 44.9 Å². The molecule has 0 bridgehead atoms. The van der Waals surface area contributed by atoms with Crippen molar-refractivity contribution in [3.63, 3.8) is 0 Å². The van der Waals surface area contributed by atoms with Crippen LogP contribution < -0.4 is 0 Å². The van der Waals surface area contributed by atoms with Crippen LogP contribution in [0.5, 0.6) is 0 Å². The first-order valence-electron chi connectivity index (χ1n) is 27.7. The molecular weight excluding hydrogens is 913 g/mol. The lowest BCUT2D eigenvalue weighted by Crippen LogP contribution is -2.50. The molecule has 4 rings (SSSR count). The minimum absolute atomic E-state index is 0.0891. The van der Waals surface area contributed by atoms with E-state index in [1.165, 1.54) is 62.7 Å². The molecule has 0 spiro atoms. The Morgan fingerprint density at radius 2 is 1.04 bits per heavy atom. The second kappa shape index (κ2) is 27.7. The van der Waals surface area contributed by atoms with Gasteiger partial charge in [0.15, 0.2) is 16.6 Å². The van der Waals surface area contributed by atoms with Gasteiger partial charge in [-0.15, -0.1) is 0 Å². The van der Waals surface area contributed by atoms with Gasteiger partial charge in [-0.1, -0.05) is 92.0 Å². The van der Waals surface area contributed by atoms with Crippen LogP contribution in [-0.4, -0.2) is 79.1 Å². The number of esters is 4. The van der Waals surface area contributed by atoms with Crippen molar-refractivity contribution in [2.75, 3.05) is 26.4 Å². The van der Waals surface area contributed by atoms with Gasteiger partial charge in [0, 0.05) is 37.2 Å². The molecular formula is C58H102O10Si2. The number of hydrogen-bond donors (Lipinski definition) is 0. The number of fused-ring (bicyclic) bond motifs is 2. The Labute approximate surface area is 429 Å². The molecule has 0 N–H and O–H groups in total. The molecule has 0 aromatic heterocycles. The van der Waals surface area contributed by atoms with Crippen LogP contribution in [0.25, 0.3) is 0 Å². The SMILES string of the molecule is CCOC(=O)C=C/C=C(/C/C=C/C(=O)OCC)[C@H]1CCC2[C@@H](O[Si](C)(C)C(C)(C)C)CCC[C@@]21C.CCOC(=O)CCCC(CCCC(=O)OCC)[C@H]1CCC2[C@@H](O[Si](C)(C)C(C)(C)C)CCC[C@@]21C. The highest BCUT2D eigenvalue weighted by Gasteiger charge is 2.56. The largest absolute Gasteiger partial charge is 0.466 e. The van der Waals surface area contributed by atoms with E-state index in [2.05, 4.69) is 87.7 Å². The minimum Gasteiger partial charge on any atom is -0.466 e. The monoisotopic (exact) mass is 1010 g/mol. The van der Waals surface area contributed by atoms with E-state index >= 15 is 0 Å². The Morgan fingerprint density at radius 3 is 1.51 bits per heavy atom. The quantitative estimate of drug-likeness (QED) is 0.0321. The van der Waals surface area contributed by atoms with Gasteiger partial charge in [0.25, 0.3) is 0 Å². The third-order valence-electron chi connectivity index (χ3n) is 18.0. The fraction of sp³-hybridized carbons (Fsp3) is 0.828. The molecule has 4 aliphatic rings. The van der Waals surface area contributed by atoms with Crippen molar-refractivity contribution in [1.29, 1.82) is 0 Å². The normalized spacial score (nSPS) is 27.5. The van der Waals surface area contributed by atoms with Gasteiger partial charge < -0.3 is 27.8 Å². The number of hydrogen-bond acceptors (Lipinski definition) is 10. The molecule has 0 aromatic rings. The van der Waals surface area contributed by atoms with E-state index < -0.39 is 16.6 Å². The zero-order valence-corrected chi connectivity index (χ0v) is 49.4. The van der Waals surface area contributed by atoms with E-state index in [-0.39, 0.29) is 44.8 Å². The van der Waals surface area contributed by atoms with Crippen molar-refractivity contribution in [1.82, 2.24) is 0 Å². The summed E-state index contributed by atoms with van der Waals surface area (Å²) in [5.74, 6) is 1.86. The topological polar surface area (TPSA) is 124 Å². The molecule has 4 saturated carbocycles. The first-order chi connectivity index (χ1) is 32.7.